The highest BCUT2D eigenvalue weighted by Gasteiger charge is 2.40. The lowest BCUT2D eigenvalue weighted by Crippen LogP contribution is -2.18. The minimum absolute atomic E-state index is 0.162. The van der Waals surface area contributed by atoms with Gasteiger partial charge in [-0.05, 0) is 127 Å². The molecule has 0 atom stereocenters. The van der Waals surface area contributed by atoms with Crippen LogP contribution in [0.2, 0.25) is 0 Å². The third-order valence-electron chi connectivity index (χ3n) is 14.0. The maximum atomic E-state index is 2.63. The number of hydrogen-bond acceptors (Lipinski definition) is 1. The van der Waals surface area contributed by atoms with Gasteiger partial charge in [-0.25, -0.2) is 0 Å². The van der Waals surface area contributed by atoms with E-state index in [-0.39, 0.29) is 10.8 Å². The molecule has 9 aromatic rings. The minimum Gasteiger partial charge on any atom is -0.309 e. The van der Waals surface area contributed by atoms with Crippen LogP contribution in [0.25, 0.3) is 66.4 Å². The fourth-order valence-electron chi connectivity index (χ4n) is 10.8. The van der Waals surface area contributed by atoms with Gasteiger partial charge in [0.1, 0.15) is 0 Å². The van der Waals surface area contributed by atoms with Crippen molar-refractivity contribution in [2.75, 3.05) is 4.90 Å². The van der Waals surface area contributed by atoms with E-state index in [1.54, 1.807) is 0 Å². The van der Waals surface area contributed by atoms with Gasteiger partial charge in [0.15, 0.2) is 0 Å². The highest BCUT2D eigenvalue weighted by atomic mass is 15.2. The van der Waals surface area contributed by atoms with Gasteiger partial charge in [0.25, 0.3) is 0 Å². The monoisotopic (exact) mass is 783 g/mol. The molecule has 61 heavy (non-hydrogen) atoms. The van der Waals surface area contributed by atoms with Crippen LogP contribution in [0.15, 0.2) is 188 Å². The Morgan fingerprint density at radius 3 is 1.54 bits per heavy atom. The maximum absolute atomic E-state index is 2.63. The van der Waals surface area contributed by atoms with Crippen molar-refractivity contribution in [3.8, 4) is 55.6 Å². The van der Waals surface area contributed by atoms with Crippen LogP contribution in [-0.4, -0.2) is 0 Å². The normalized spacial score (nSPS) is 14.0. The van der Waals surface area contributed by atoms with E-state index < -0.39 is 0 Å². The number of rotatable bonds is 6. The van der Waals surface area contributed by atoms with Crippen molar-refractivity contribution in [3.63, 3.8) is 0 Å². The van der Waals surface area contributed by atoms with Crippen molar-refractivity contribution in [1.82, 2.24) is 0 Å². The molecular formula is C60H49N. The predicted octanol–water partition coefficient (Wildman–Crippen LogP) is 16.5. The molecule has 2 aliphatic carbocycles. The van der Waals surface area contributed by atoms with Crippen molar-refractivity contribution in [3.05, 3.63) is 221 Å². The van der Waals surface area contributed by atoms with Crippen LogP contribution < -0.4 is 4.90 Å². The molecule has 0 heterocycles. The number of aryl methyl sites for hydroxylation is 2. The summed E-state index contributed by atoms with van der Waals surface area (Å²) in [7, 11) is 0. The first-order valence-corrected chi connectivity index (χ1v) is 21.7. The summed E-state index contributed by atoms with van der Waals surface area (Å²) in [4.78, 5) is 2.63. The van der Waals surface area contributed by atoms with Gasteiger partial charge in [0.2, 0.25) is 0 Å². The lowest BCUT2D eigenvalue weighted by atomic mass is 9.82. The fourth-order valence-corrected chi connectivity index (χ4v) is 10.8. The topological polar surface area (TPSA) is 3.24 Å². The summed E-state index contributed by atoms with van der Waals surface area (Å²) in [6.07, 6.45) is 0. The minimum atomic E-state index is -0.170. The summed E-state index contributed by atoms with van der Waals surface area (Å²) < 4.78 is 0. The van der Waals surface area contributed by atoms with Crippen LogP contribution in [0.3, 0.4) is 0 Å². The molecule has 0 saturated heterocycles. The Morgan fingerprint density at radius 2 is 0.852 bits per heavy atom. The number of anilines is 3. The Labute approximate surface area is 360 Å². The maximum Gasteiger partial charge on any atom is 0.0619 e. The second kappa shape index (κ2) is 13.8. The summed E-state index contributed by atoms with van der Waals surface area (Å²) in [5, 5.41) is 2.49. The summed E-state index contributed by atoms with van der Waals surface area (Å²) in [5.74, 6) is 0. The smallest absolute Gasteiger partial charge is 0.0619 e. The van der Waals surface area contributed by atoms with Crippen molar-refractivity contribution >= 4 is 27.8 Å². The Hall–Kier alpha value is -6.96. The largest absolute Gasteiger partial charge is 0.309 e. The number of benzene rings is 9. The Bertz CT molecular complexity index is 3160. The standard InChI is InChI=1S/C60H49N/c1-38-19-7-10-23-43(38)50-35-41(46-28-17-22-40-21-9-12-25-45(40)46)36-51(44-24-11-8-20-39(44)2)58(50)61(42-33-34-48-47-26-13-15-29-52(47)60(5,6)55(48)37-42)56-32-18-31-54-57(56)49-27-14-16-30-53(49)59(54,3)4/h7-37H,1-6H3. The summed E-state index contributed by atoms with van der Waals surface area (Å²) in [5.41, 5.74) is 23.7. The quantitative estimate of drug-likeness (QED) is 0.162. The molecule has 0 amide bonds. The van der Waals surface area contributed by atoms with Crippen LogP contribution in [0.1, 0.15) is 61.1 Å². The van der Waals surface area contributed by atoms with E-state index in [2.05, 4.69) is 234 Å². The molecular weight excluding hydrogens is 735 g/mol. The van der Waals surface area contributed by atoms with E-state index in [0.717, 1.165) is 5.69 Å². The van der Waals surface area contributed by atoms with E-state index in [0.29, 0.717) is 0 Å². The molecule has 0 N–H and O–H groups in total. The predicted molar refractivity (Wildman–Crippen MR) is 260 cm³/mol. The molecule has 1 heteroatoms. The second-order valence-corrected chi connectivity index (χ2v) is 18.2. The number of nitrogens with zero attached hydrogens (tertiary/aromatic N) is 1. The highest BCUT2D eigenvalue weighted by molar-refractivity contribution is 6.07. The first-order valence-electron chi connectivity index (χ1n) is 21.7. The highest BCUT2D eigenvalue weighted by Crippen LogP contribution is 2.58. The van der Waals surface area contributed by atoms with Crippen LogP contribution >= 0.6 is 0 Å². The number of hydrogen-bond donors (Lipinski definition) is 0. The average Bonchev–Trinajstić information content (AvgIpc) is 3.66. The van der Waals surface area contributed by atoms with Gasteiger partial charge in [-0.3, -0.25) is 0 Å². The van der Waals surface area contributed by atoms with Gasteiger partial charge in [0.05, 0.1) is 11.4 Å². The first kappa shape index (κ1) is 37.1. The zero-order chi connectivity index (χ0) is 41.6. The van der Waals surface area contributed by atoms with Crippen LogP contribution in [0.5, 0.6) is 0 Å². The third-order valence-corrected chi connectivity index (χ3v) is 14.0. The summed E-state index contributed by atoms with van der Waals surface area (Å²) in [6, 6.07) is 70.6. The van der Waals surface area contributed by atoms with Crippen LogP contribution in [-0.2, 0) is 10.8 Å². The van der Waals surface area contributed by atoms with Gasteiger partial charge in [-0.15, -0.1) is 0 Å². The van der Waals surface area contributed by atoms with Gasteiger partial charge >= 0.3 is 0 Å². The molecule has 2 aliphatic rings. The first-order chi connectivity index (χ1) is 29.6. The molecule has 0 radical (unpaired) electrons. The molecule has 294 valence electrons. The molecule has 0 fully saturated rings. The van der Waals surface area contributed by atoms with Gasteiger partial charge in [-0.1, -0.05) is 185 Å². The third kappa shape index (κ3) is 5.60. The van der Waals surface area contributed by atoms with Crippen LogP contribution in [0.4, 0.5) is 17.1 Å². The second-order valence-electron chi connectivity index (χ2n) is 18.2. The lowest BCUT2D eigenvalue weighted by molar-refractivity contribution is 0.660. The molecule has 0 bridgehead atoms. The Balaban J connectivity index is 1.31. The zero-order valence-electron chi connectivity index (χ0n) is 35.8. The molecule has 0 aliphatic heterocycles. The average molecular weight is 784 g/mol. The summed E-state index contributed by atoms with van der Waals surface area (Å²) >= 11 is 0. The molecule has 0 saturated carbocycles. The van der Waals surface area contributed by atoms with Gasteiger partial charge < -0.3 is 4.90 Å². The van der Waals surface area contributed by atoms with E-state index in [1.165, 1.54) is 111 Å². The lowest BCUT2D eigenvalue weighted by Gasteiger charge is -2.34. The molecule has 1 nitrogen and oxygen atoms in total. The van der Waals surface area contributed by atoms with E-state index in [1.807, 2.05) is 0 Å². The molecule has 0 unspecified atom stereocenters. The summed E-state index contributed by atoms with van der Waals surface area (Å²) in [6.45, 7) is 14.1. The van der Waals surface area contributed by atoms with E-state index in [4.69, 9.17) is 0 Å². The van der Waals surface area contributed by atoms with Crippen molar-refractivity contribution in [2.24, 2.45) is 0 Å². The van der Waals surface area contributed by atoms with E-state index in [9.17, 15) is 0 Å². The number of fused-ring (bicyclic) bond motifs is 7. The van der Waals surface area contributed by atoms with E-state index >= 15 is 0 Å². The van der Waals surface area contributed by atoms with Crippen molar-refractivity contribution in [2.45, 2.75) is 52.4 Å². The molecule has 0 spiro atoms. The molecule has 0 aromatic heterocycles. The zero-order valence-corrected chi connectivity index (χ0v) is 35.8. The Morgan fingerprint density at radius 1 is 0.361 bits per heavy atom. The van der Waals surface area contributed by atoms with Crippen molar-refractivity contribution < 1.29 is 0 Å². The van der Waals surface area contributed by atoms with Gasteiger partial charge in [-0.2, -0.15) is 0 Å². The van der Waals surface area contributed by atoms with Gasteiger partial charge in [0, 0.05) is 33.2 Å². The Kier molecular flexibility index (Phi) is 8.38. The SMILES string of the molecule is Cc1ccccc1-c1cc(-c2cccc3ccccc23)cc(-c2ccccc2C)c1N(c1ccc2c(c1)C(C)(C)c1ccccc1-2)c1cccc2c1-c1ccccc1C2(C)C. The van der Waals surface area contributed by atoms with Crippen molar-refractivity contribution in [1.29, 1.82) is 0 Å². The molecule has 9 aromatic carbocycles. The van der Waals surface area contributed by atoms with Crippen LogP contribution in [0, 0.1) is 13.8 Å². The fraction of sp³-hybridized carbons (Fsp3) is 0.133. The molecule has 11 rings (SSSR count).